The summed E-state index contributed by atoms with van der Waals surface area (Å²) in [5, 5.41) is 17.3. The first-order valence-electron chi connectivity index (χ1n) is 10.2. The second-order valence-corrected chi connectivity index (χ2v) is 7.34. The maximum absolute atomic E-state index is 11.2. The quantitative estimate of drug-likeness (QED) is 0.408. The molecule has 2 aromatic carbocycles. The van der Waals surface area contributed by atoms with Crippen LogP contribution < -0.4 is 4.74 Å². The molecular weight excluding hydrogens is 404 g/mol. The monoisotopic (exact) mass is 426 g/mol. The molecule has 0 aliphatic heterocycles. The highest BCUT2D eigenvalue weighted by atomic mass is 16.5. The van der Waals surface area contributed by atoms with Crippen molar-refractivity contribution in [3.63, 3.8) is 0 Å². The van der Waals surface area contributed by atoms with Crippen molar-refractivity contribution in [2.75, 3.05) is 0 Å². The van der Waals surface area contributed by atoms with E-state index in [0.717, 1.165) is 27.7 Å². The summed E-state index contributed by atoms with van der Waals surface area (Å²) in [4.78, 5) is 19.5. The topological polar surface area (TPSA) is 101 Å². The van der Waals surface area contributed by atoms with E-state index < -0.39 is 5.97 Å². The van der Waals surface area contributed by atoms with Crippen molar-refractivity contribution >= 4 is 16.9 Å². The minimum absolute atomic E-state index is 0.0401. The highest BCUT2D eigenvalue weighted by Crippen LogP contribution is 2.29. The van der Waals surface area contributed by atoms with Crippen LogP contribution in [0.2, 0.25) is 0 Å². The van der Waals surface area contributed by atoms with Crippen LogP contribution in [-0.2, 0) is 11.2 Å². The second kappa shape index (κ2) is 9.75. The number of rotatable bonds is 8. The molecule has 0 saturated carbocycles. The average Bonchev–Trinajstić information content (AvgIpc) is 3.27. The molecule has 4 rings (SSSR count). The Bertz CT molecular complexity index is 1260. The Balaban J connectivity index is 1.60. The van der Waals surface area contributed by atoms with Crippen LogP contribution in [0.3, 0.4) is 0 Å². The molecule has 0 bridgehead atoms. The number of hydrogen-bond acceptors (Lipinski definition) is 5. The lowest BCUT2D eigenvalue weighted by Gasteiger charge is -2.20. The fraction of sp³-hybridized carbons (Fsp3) is 0.200. The van der Waals surface area contributed by atoms with E-state index in [-0.39, 0.29) is 18.4 Å². The number of aromatic amines is 1. The van der Waals surface area contributed by atoms with Crippen molar-refractivity contribution < 1.29 is 14.6 Å². The zero-order valence-corrected chi connectivity index (χ0v) is 17.5. The number of fused-ring (bicyclic) bond motifs is 1. The number of carboxylic acids is 1. The maximum Gasteiger partial charge on any atom is 0.304 e. The summed E-state index contributed by atoms with van der Waals surface area (Å²) >= 11 is 0. The molecule has 0 unspecified atom stereocenters. The molecular formula is C25H22N4O3. The van der Waals surface area contributed by atoms with Crippen LogP contribution in [-0.4, -0.2) is 31.2 Å². The molecule has 7 heteroatoms. The Morgan fingerprint density at radius 3 is 2.69 bits per heavy atom. The molecule has 32 heavy (non-hydrogen) atoms. The summed E-state index contributed by atoms with van der Waals surface area (Å²) in [6.45, 7) is 1.71. The minimum atomic E-state index is -0.878. The lowest BCUT2D eigenvalue weighted by molar-refractivity contribution is -0.137. The highest BCUT2D eigenvalue weighted by molar-refractivity contribution is 5.78. The first-order valence-corrected chi connectivity index (χ1v) is 10.2. The van der Waals surface area contributed by atoms with E-state index in [1.807, 2.05) is 48.5 Å². The predicted molar refractivity (Wildman–Crippen MR) is 120 cm³/mol. The van der Waals surface area contributed by atoms with Crippen molar-refractivity contribution in [1.82, 2.24) is 20.2 Å². The average molecular weight is 426 g/mol. The molecule has 2 aromatic heterocycles. The van der Waals surface area contributed by atoms with Crippen molar-refractivity contribution in [3.8, 4) is 17.6 Å². The van der Waals surface area contributed by atoms with Gasteiger partial charge in [-0.3, -0.25) is 9.89 Å². The standard InChI is InChI=1S/C25H22N4O3/c1-2-3-18(13-25(30)31)17-6-8-22(9-7-17)32-24(14-21-10-11-26-16-27-21)19-4-5-20-15-28-29-23(20)12-19/h4-12,15-16,18,24H,13-14H2,1H3,(H,28,29)(H,30,31)/t18-,24-/m0/s1. The lowest BCUT2D eigenvalue weighted by atomic mass is 9.96. The van der Waals surface area contributed by atoms with Gasteiger partial charge >= 0.3 is 5.97 Å². The molecule has 7 nitrogen and oxygen atoms in total. The number of carboxylic acid groups (broad SMARTS) is 1. The van der Waals surface area contributed by atoms with Gasteiger partial charge in [0.2, 0.25) is 0 Å². The summed E-state index contributed by atoms with van der Waals surface area (Å²) in [5.74, 6) is 5.23. The Morgan fingerprint density at radius 1 is 1.16 bits per heavy atom. The molecule has 2 atom stereocenters. The Kier molecular flexibility index (Phi) is 6.42. The SMILES string of the molecule is CC#C[C@@H](CC(=O)O)c1ccc(O[C@@H](Cc2ccncn2)c2ccc3cn[nH]c3c2)cc1. The van der Waals surface area contributed by atoms with Crippen LogP contribution in [0.25, 0.3) is 10.9 Å². The molecule has 0 aliphatic rings. The minimum Gasteiger partial charge on any atom is -0.485 e. The van der Waals surface area contributed by atoms with Gasteiger partial charge in [-0.1, -0.05) is 30.2 Å². The van der Waals surface area contributed by atoms with Crippen LogP contribution in [0.4, 0.5) is 0 Å². The summed E-state index contributed by atoms with van der Waals surface area (Å²) < 4.78 is 6.36. The van der Waals surface area contributed by atoms with E-state index >= 15 is 0 Å². The van der Waals surface area contributed by atoms with Gasteiger partial charge in [-0.05, 0) is 42.3 Å². The maximum atomic E-state index is 11.2. The summed E-state index contributed by atoms with van der Waals surface area (Å²) in [7, 11) is 0. The van der Waals surface area contributed by atoms with E-state index in [9.17, 15) is 4.79 Å². The van der Waals surface area contributed by atoms with Crippen LogP contribution in [0.1, 0.15) is 42.2 Å². The molecule has 0 radical (unpaired) electrons. The largest absolute Gasteiger partial charge is 0.485 e. The van der Waals surface area contributed by atoms with E-state index in [0.29, 0.717) is 12.2 Å². The Morgan fingerprint density at radius 2 is 1.97 bits per heavy atom. The first-order chi connectivity index (χ1) is 15.6. The summed E-state index contributed by atoms with van der Waals surface area (Å²) in [6.07, 6.45) is 5.26. The van der Waals surface area contributed by atoms with E-state index in [1.54, 1.807) is 19.3 Å². The number of carbonyl (C=O) groups is 1. The smallest absolute Gasteiger partial charge is 0.304 e. The Labute approximate surface area is 185 Å². The molecule has 0 fully saturated rings. The van der Waals surface area contributed by atoms with Gasteiger partial charge in [-0.25, -0.2) is 9.97 Å². The third-order valence-electron chi connectivity index (χ3n) is 5.13. The number of nitrogens with zero attached hydrogens (tertiary/aromatic N) is 3. The molecule has 0 aliphatic carbocycles. The predicted octanol–water partition coefficient (Wildman–Crippen LogP) is 4.30. The fourth-order valence-corrected chi connectivity index (χ4v) is 3.56. The second-order valence-electron chi connectivity index (χ2n) is 7.34. The third kappa shape index (κ3) is 5.10. The van der Waals surface area contributed by atoms with Gasteiger partial charge in [0.05, 0.1) is 24.1 Å². The molecule has 4 aromatic rings. The number of aromatic nitrogens is 4. The number of hydrogen-bond donors (Lipinski definition) is 2. The number of aliphatic carboxylic acids is 1. The van der Waals surface area contributed by atoms with Crippen molar-refractivity contribution in [2.24, 2.45) is 0 Å². The van der Waals surface area contributed by atoms with Gasteiger partial charge in [0.1, 0.15) is 18.2 Å². The van der Waals surface area contributed by atoms with Gasteiger partial charge < -0.3 is 9.84 Å². The lowest BCUT2D eigenvalue weighted by Crippen LogP contribution is -2.12. The van der Waals surface area contributed by atoms with Crippen molar-refractivity contribution in [1.29, 1.82) is 0 Å². The van der Waals surface area contributed by atoms with E-state index in [2.05, 4.69) is 32.0 Å². The fourth-order valence-electron chi connectivity index (χ4n) is 3.56. The first kappa shape index (κ1) is 21.1. The van der Waals surface area contributed by atoms with E-state index in [4.69, 9.17) is 9.84 Å². The molecule has 160 valence electrons. The molecule has 2 heterocycles. The molecule has 0 saturated heterocycles. The molecule has 2 N–H and O–H groups in total. The summed E-state index contributed by atoms with van der Waals surface area (Å²) in [5.41, 5.74) is 3.64. The highest BCUT2D eigenvalue weighted by Gasteiger charge is 2.18. The van der Waals surface area contributed by atoms with Gasteiger partial charge in [0, 0.05) is 23.7 Å². The van der Waals surface area contributed by atoms with Crippen LogP contribution >= 0.6 is 0 Å². The Hall–Kier alpha value is -4.18. The summed E-state index contributed by atoms with van der Waals surface area (Å²) in [6, 6.07) is 15.4. The zero-order valence-electron chi connectivity index (χ0n) is 17.5. The van der Waals surface area contributed by atoms with E-state index in [1.165, 1.54) is 6.33 Å². The van der Waals surface area contributed by atoms with Crippen LogP contribution in [0, 0.1) is 11.8 Å². The number of H-pyrrole nitrogens is 1. The van der Waals surface area contributed by atoms with Crippen LogP contribution in [0.15, 0.2) is 67.3 Å². The van der Waals surface area contributed by atoms with Gasteiger partial charge in [-0.2, -0.15) is 5.10 Å². The number of ether oxygens (including phenoxy) is 1. The van der Waals surface area contributed by atoms with Crippen molar-refractivity contribution in [2.45, 2.75) is 31.8 Å². The van der Waals surface area contributed by atoms with Gasteiger partial charge in [0.15, 0.2) is 0 Å². The van der Waals surface area contributed by atoms with Gasteiger partial charge in [0.25, 0.3) is 0 Å². The van der Waals surface area contributed by atoms with Crippen molar-refractivity contribution in [3.05, 3.63) is 84.1 Å². The normalized spacial score (nSPS) is 12.5. The number of nitrogens with one attached hydrogen (secondary N) is 1. The zero-order chi connectivity index (χ0) is 22.3. The molecule has 0 spiro atoms. The molecule has 0 amide bonds. The number of benzene rings is 2. The third-order valence-corrected chi connectivity index (χ3v) is 5.13. The van der Waals surface area contributed by atoms with Gasteiger partial charge in [-0.15, -0.1) is 5.92 Å². The van der Waals surface area contributed by atoms with Crippen LogP contribution in [0.5, 0.6) is 5.75 Å².